The number of ether oxygens (including phenoxy) is 3. The van der Waals surface area contributed by atoms with Crippen LogP contribution in [0, 0.1) is 5.92 Å². The van der Waals surface area contributed by atoms with E-state index in [2.05, 4.69) is 12.2 Å². The Balaban J connectivity index is 1.78. The summed E-state index contributed by atoms with van der Waals surface area (Å²) < 4.78 is 15.6. The van der Waals surface area contributed by atoms with Crippen molar-refractivity contribution in [3.63, 3.8) is 0 Å². The summed E-state index contributed by atoms with van der Waals surface area (Å²) in [4.78, 5) is 11.8. The van der Waals surface area contributed by atoms with E-state index >= 15 is 0 Å². The van der Waals surface area contributed by atoms with Gasteiger partial charge in [0.1, 0.15) is 6.10 Å². The maximum absolute atomic E-state index is 11.8. The Morgan fingerprint density at radius 1 is 1.31 bits per heavy atom. The fourth-order valence-corrected chi connectivity index (χ4v) is 1.85. The van der Waals surface area contributed by atoms with Crippen molar-refractivity contribution in [2.45, 2.75) is 25.5 Å². The van der Waals surface area contributed by atoms with Crippen molar-refractivity contribution in [2.24, 2.45) is 5.92 Å². The fraction of sp³-hybridized carbons (Fsp3) is 0.909. The largest absolute Gasteiger partial charge is 0.457 e. The van der Waals surface area contributed by atoms with E-state index < -0.39 is 0 Å². The lowest BCUT2D eigenvalue weighted by Gasteiger charge is -2.27. The van der Waals surface area contributed by atoms with Gasteiger partial charge in [0.05, 0.1) is 32.3 Å². The highest BCUT2D eigenvalue weighted by Crippen LogP contribution is 2.18. The molecule has 2 heterocycles. The summed E-state index contributed by atoms with van der Waals surface area (Å²) in [5, 5.41) is 3.31. The van der Waals surface area contributed by atoms with Crippen LogP contribution in [0.25, 0.3) is 0 Å². The van der Waals surface area contributed by atoms with Gasteiger partial charge in [-0.15, -0.1) is 0 Å². The lowest BCUT2D eigenvalue weighted by atomic mass is 10.0. The SMILES string of the molecule is CCCNC1COCC1C(=O)OC1COC1. The minimum atomic E-state index is -0.160. The highest BCUT2D eigenvalue weighted by molar-refractivity contribution is 5.74. The molecule has 0 aromatic heterocycles. The van der Waals surface area contributed by atoms with Crippen LogP contribution < -0.4 is 5.32 Å². The molecule has 1 N–H and O–H groups in total. The van der Waals surface area contributed by atoms with E-state index in [1.165, 1.54) is 0 Å². The number of esters is 1. The molecule has 0 amide bonds. The van der Waals surface area contributed by atoms with E-state index in [1.54, 1.807) is 0 Å². The van der Waals surface area contributed by atoms with E-state index in [0.29, 0.717) is 26.4 Å². The van der Waals surface area contributed by atoms with E-state index in [4.69, 9.17) is 14.2 Å². The minimum Gasteiger partial charge on any atom is -0.457 e. The molecule has 0 aliphatic carbocycles. The van der Waals surface area contributed by atoms with Crippen LogP contribution in [0.2, 0.25) is 0 Å². The zero-order valence-electron chi connectivity index (χ0n) is 9.61. The molecule has 0 aromatic rings. The van der Waals surface area contributed by atoms with Gasteiger partial charge in [-0.2, -0.15) is 0 Å². The van der Waals surface area contributed by atoms with Crippen molar-refractivity contribution in [2.75, 3.05) is 33.0 Å². The van der Waals surface area contributed by atoms with Gasteiger partial charge in [0.15, 0.2) is 0 Å². The monoisotopic (exact) mass is 229 g/mol. The molecule has 0 spiro atoms. The van der Waals surface area contributed by atoms with E-state index in [1.807, 2.05) is 0 Å². The van der Waals surface area contributed by atoms with Gasteiger partial charge in [0.2, 0.25) is 0 Å². The average Bonchev–Trinajstić information content (AvgIpc) is 2.68. The lowest BCUT2D eigenvalue weighted by molar-refractivity contribution is -0.177. The fourth-order valence-electron chi connectivity index (χ4n) is 1.85. The molecular formula is C11H19NO4. The number of carbonyl (C=O) groups is 1. The topological polar surface area (TPSA) is 56.8 Å². The first-order valence-electron chi connectivity index (χ1n) is 5.90. The van der Waals surface area contributed by atoms with Crippen LogP contribution in [-0.4, -0.2) is 51.1 Å². The predicted octanol–water partition coefficient (Wildman–Crippen LogP) is -0.0570. The van der Waals surface area contributed by atoms with Gasteiger partial charge in [-0.1, -0.05) is 6.92 Å². The molecule has 92 valence electrons. The van der Waals surface area contributed by atoms with Crippen LogP contribution in [-0.2, 0) is 19.0 Å². The van der Waals surface area contributed by atoms with Crippen molar-refractivity contribution in [3.05, 3.63) is 0 Å². The molecule has 2 aliphatic rings. The number of hydrogen-bond acceptors (Lipinski definition) is 5. The smallest absolute Gasteiger partial charge is 0.313 e. The van der Waals surface area contributed by atoms with Crippen molar-refractivity contribution < 1.29 is 19.0 Å². The Bertz CT molecular complexity index is 242. The summed E-state index contributed by atoms with van der Waals surface area (Å²) in [5.41, 5.74) is 0. The van der Waals surface area contributed by atoms with E-state index in [9.17, 15) is 4.79 Å². The molecule has 2 rings (SSSR count). The highest BCUT2D eigenvalue weighted by atomic mass is 16.6. The van der Waals surface area contributed by atoms with Crippen molar-refractivity contribution in [1.29, 1.82) is 0 Å². The molecule has 2 atom stereocenters. The molecule has 16 heavy (non-hydrogen) atoms. The highest BCUT2D eigenvalue weighted by Gasteiger charge is 2.37. The maximum atomic E-state index is 11.8. The number of rotatable bonds is 5. The maximum Gasteiger partial charge on any atom is 0.313 e. The normalized spacial score (nSPS) is 30.1. The molecule has 2 fully saturated rings. The first-order valence-corrected chi connectivity index (χ1v) is 5.90. The van der Waals surface area contributed by atoms with Gasteiger partial charge in [-0.25, -0.2) is 0 Å². The zero-order chi connectivity index (χ0) is 11.4. The summed E-state index contributed by atoms with van der Waals surface area (Å²) in [6.45, 7) is 5.14. The molecule has 0 radical (unpaired) electrons. The average molecular weight is 229 g/mol. The second-order valence-corrected chi connectivity index (χ2v) is 4.30. The van der Waals surface area contributed by atoms with Gasteiger partial charge in [0.25, 0.3) is 0 Å². The van der Waals surface area contributed by atoms with Gasteiger partial charge in [0, 0.05) is 6.04 Å². The second-order valence-electron chi connectivity index (χ2n) is 4.30. The molecule has 2 aliphatic heterocycles. The Kier molecular flexibility index (Phi) is 4.15. The molecular weight excluding hydrogens is 210 g/mol. The zero-order valence-corrected chi connectivity index (χ0v) is 9.61. The standard InChI is InChI=1S/C11H19NO4/c1-2-3-12-10-7-15-6-9(10)11(13)16-8-4-14-5-8/h8-10,12H,2-7H2,1H3. The van der Waals surface area contributed by atoms with Gasteiger partial charge in [-0.05, 0) is 13.0 Å². The number of hydrogen-bond donors (Lipinski definition) is 1. The quantitative estimate of drug-likeness (QED) is 0.669. The Hall–Kier alpha value is -0.650. The van der Waals surface area contributed by atoms with Gasteiger partial charge < -0.3 is 19.5 Å². The molecule has 2 unspecified atom stereocenters. The predicted molar refractivity (Wildman–Crippen MR) is 57.1 cm³/mol. The van der Waals surface area contributed by atoms with Gasteiger partial charge in [-0.3, -0.25) is 4.79 Å². The minimum absolute atomic E-state index is 0.0417. The summed E-state index contributed by atoms with van der Waals surface area (Å²) in [6.07, 6.45) is 1.01. The van der Waals surface area contributed by atoms with Crippen LogP contribution in [0.1, 0.15) is 13.3 Å². The molecule has 0 saturated carbocycles. The number of carbonyl (C=O) groups excluding carboxylic acids is 1. The van der Waals surface area contributed by atoms with Gasteiger partial charge >= 0.3 is 5.97 Å². The third-order valence-electron chi connectivity index (χ3n) is 2.93. The third-order valence-corrected chi connectivity index (χ3v) is 2.93. The molecule has 2 saturated heterocycles. The molecule has 0 bridgehead atoms. The van der Waals surface area contributed by atoms with Crippen LogP contribution in [0.15, 0.2) is 0 Å². The summed E-state index contributed by atoms with van der Waals surface area (Å²) in [5.74, 6) is -0.313. The molecule has 5 nitrogen and oxygen atoms in total. The first-order chi connectivity index (χ1) is 7.81. The molecule has 0 aromatic carbocycles. The van der Waals surface area contributed by atoms with Crippen LogP contribution in [0.4, 0.5) is 0 Å². The first kappa shape index (κ1) is 11.8. The number of nitrogens with one attached hydrogen (secondary N) is 1. The van der Waals surface area contributed by atoms with Crippen LogP contribution in [0.3, 0.4) is 0 Å². The Morgan fingerprint density at radius 3 is 2.69 bits per heavy atom. The lowest BCUT2D eigenvalue weighted by Crippen LogP contribution is -2.44. The molecule has 5 heteroatoms. The van der Waals surface area contributed by atoms with Crippen molar-refractivity contribution in [1.82, 2.24) is 5.32 Å². The Labute approximate surface area is 95.4 Å². The van der Waals surface area contributed by atoms with E-state index in [-0.39, 0.29) is 24.0 Å². The van der Waals surface area contributed by atoms with Crippen LogP contribution in [0.5, 0.6) is 0 Å². The summed E-state index contributed by atoms with van der Waals surface area (Å²) >= 11 is 0. The second kappa shape index (κ2) is 5.61. The Morgan fingerprint density at radius 2 is 2.06 bits per heavy atom. The van der Waals surface area contributed by atoms with Crippen molar-refractivity contribution >= 4 is 5.97 Å². The third kappa shape index (κ3) is 2.72. The summed E-state index contributed by atoms with van der Waals surface area (Å²) in [7, 11) is 0. The van der Waals surface area contributed by atoms with E-state index in [0.717, 1.165) is 13.0 Å². The van der Waals surface area contributed by atoms with Crippen molar-refractivity contribution in [3.8, 4) is 0 Å². The van der Waals surface area contributed by atoms with Crippen LogP contribution >= 0.6 is 0 Å². The summed E-state index contributed by atoms with van der Waals surface area (Å²) in [6, 6.07) is 0.105.